The number of aromatic nitrogens is 2. The number of nitrogens with one attached hydrogen (secondary N) is 1. The quantitative estimate of drug-likeness (QED) is 0.652. The van der Waals surface area contributed by atoms with E-state index in [1.807, 2.05) is 12.1 Å². The summed E-state index contributed by atoms with van der Waals surface area (Å²) >= 11 is 1.32. The highest BCUT2D eigenvalue weighted by atomic mass is 32.1. The van der Waals surface area contributed by atoms with Gasteiger partial charge in [-0.05, 0) is 55.2 Å². The summed E-state index contributed by atoms with van der Waals surface area (Å²) in [5, 5.41) is 10.9. The monoisotopic (exact) mass is 357 g/mol. The van der Waals surface area contributed by atoms with Crippen LogP contribution in [0, 0.1) is 5.92 Å². The van der Waals surface area contributed by atoms with E-state index in [-0.39, 0.29) is 5.91 Å². The summed E-state index contributed by atoms with van der Waals surface area (Å²) in [4.78, 5) is 12.2. The van der Waals surface area contributed by atoms with Gasteiger partial charge in [-0.2, -0.15) is 0 Å². The van der Waals surface area contributed by atoms with E-state index in [9.17, 15) is 4.79 Å². The summed E-state index contributed by atoms with van der Waals surface area (Å²) in [7, 11) is 0. The van der Waals surface area contributed by atoms with Crippen LogP contribution in [0.4, 0.5) is 5.13 Å². The molecule has 0 unspecified atom stereocenters. The van der Waals surface area contributed by atoms with Crippen LogP contribution in [-0.4, -0.2) is 16.1 Å². The second-order valence-electron chi connectivity index (χ2n) is 7.03. The SMILES string of the molecule is CCCCCC1CCC(c2ccc(C(=O)Nc3nncs3)cc2)CC1. The Morgan fingerprint density at radius 3 is 2.56 bits per heavy atom. The van der Waals surface area contributed by atoms with Crippen LogP contribution in [0.1, 0.15) is 80.1 Å². The lowest BCUT2D eigenvalue weighted by molar-refractivity contribution is 0.102. The van der Waals surface area contributed by atoms with Crippen LogP contribution >= 0.6 is 11.3 Å². The standard InChI is InChI=1S/C20H27N3OS/c1-2-3-4-5-15-6-8-16(9-7-15)17-10-12-18(13-11-17)19(24)22-20-23-21-14-25-20/h10-16H,2-9H2,1H3,(H,22,23,24). The van der Waals surface area contributed by atoms with Gasteiger partial charge in [0, 0.05) is 5.56 Å². The summed E-state index contributed by atoms with van der Waals surface area (Å²) in [6, 6.07) is 8.10. The normalized spacial score (nSPS) is 20.4. The zero-order chi connectivity index (χ0) is 17.5. The number of anilines is 1. The van der Waals surface area contributed by atoms with Gasteiger partial charge in [-0.3, -0.25) is 10.1 Å². The minimum absolute atomic E-state index is 0.122. The lowest BCUT2D eigenvalue weighted by Gasteiger charge is -2.29. The van der Waals surface area contributed by atoms with E-state index in [2.05, 4.69) is 34.6 Å². The molecular weight excluding hydrogens is 330 g/mol. The molecule has 1 aliphatic carbocycles. The van der Waals surface area contributed by atoms with E-state index in [1.54, 1.807) is 5.51 Å². The Labute approximate surface area is 154 Å². The molecule has 1 aromatic heterocycles. The molecule has 25 heavy (non-hydrogen) atoms. The van der Waals surface area contributed by atoms with Gasteiger partial charge in [0.15, 0.2) is 0 Å². The Hall–Kier alpha value is -1.75. The van der Waals surface area contributed by atoms with Crippen molar-refractivity contribution in [2.75, 3.05) is 5.32 Å². The van der Waals surface area contributed by atoms with Crippen LogP contribution in [0.25, 0.3) is 0 Å². The fraction of sp³-hybridized carbons (Fsp3) is 0.550. The minimum atomic E-state index is -0.122. The van der Waals surface area contributed by atoms with Gasteiger partial charge in [-0.25, -0.2) is 0 Å². The molecule has 0 radical (unpaired) electrons. The first-order chi connectivity index (χ1) is 12.3. The highest BCUT2D eigenvalue weighted by molar-refractivity contribution is 7.13. The molecule has 1 fully saturated rings. The maximum atomic E-state index is 12.2. The minimum Gasteiger partial charge on any atom is -0.296 e. The maximum Gasteiger partial charge on any atom is 0.257 e. The fourth-order valence-corrected chi connectivity index (χ4v) is 4.21. The number of nitrogens with zero attached hydrogens (tertiary/aromatic N) is 2. The Kier molecular flexibility index (Phi) is 6.56. The molecule has 1 N–H and O–H groups in total. The molecule has 134 valence electrons. The summed E-state index contributed by atoms with van der Waals surface area (Å²) in [5.74, 6) is 1.46. The molecule has 0 saturated heterocycles. The predicted octanol–water partition coefficient (Wildman–Crippen LogP) is 5.64. The molecule has 0 aliphatic heterocycles. The molecule has 0 bridgehead atoms. The number of unbranched alkanes of at least 4 members (excludes halogenated alkanes) is 2. The number of rotatable bonds is 7. The molecule has 0 atom stereocenters. The third-order valence-corrected chi connectivity index (χ3v) is 5.89. The van der Waals surface area contributed by atoms with E-state index in [4.69, 9.17) is 0 Å². The van der Waals surface area contributed by atoms with Crippen molar-refractivity contribution >= 4 is 22.4 Å². The van der Waals surface area contributed by atoms with Crippen LogP contribution in [-0.2, 0) is 0 Å². The van der Waals surface area contributed by atoms with Gasteiger partial charge in [0.25, 0.3) is 5.91 Å². The lowest BCUT2D eigenvalue weighted by atomic mass is 9.77. The van der Waals surface area contributed by atoms with Gasteiger partial charge < -0.3 is 0 Å². The van der Waals surface area contributed by atoms with Crippen LogP contribution in [0.2, 0.25) is 0 Å². The number of amides is 1. The number of benzene rings is 1. The molecule has 1 saturated carbocycles. The van der Waals surface area contributed by atoms with Gasteiger partial charge in [-0.15, -0.1) is 10.2 Å². The zero-order valence-corrected chi connectivity index (χ0v) is 15.7. The second kappa shape index (κ2) is 9.09. The fourth-order valence-electron chi connectivity index (χ4n) is 3.77. The molecule has 1 amide bonds. The average Bonchev–Trinajstić information content (AvgIpc) is 3.16. The van der Waals surface area contributed by atoms with Crippen LogP contribution in [0.3, 0.4) is 0 Å². The van der Waals surface area contributed by atoms with Crippen molar-refractivity contribution in [3.05, 3.63) is 40.9 Å². The van der Waals surface area contributed by atoms with E-state index in [1.165, 1.54) is 68.3 Å². The van der Waals surface area contributed by atoms with Crippen molar-refractivity contribution in [2.45, 2.75) is 64.2 Å². The number of carbonyl (C=O) groups is 1. The summed E-state index contributed by atoms with van der Waals surface area (Å²) in [6.45, 7) is 2.27. The topological polar surface area (TPSA) is 54.9 Å². The van der Waals surface area contributed by atoms with E-state index in [0.29, 0.717) is 16.6 Å². The average molecular weight is 358 g/mol. The van der Waals surface area contributed by atoms with Crippen LogP contribution in [0.15, 0.2) is 29.8 Å². The van der Waals surface area contributed by atoms with Crippen LogP contribution in [0.5, 0.6) is 0 Å². The van der Waals surface area contributed by atoms with Crippen molar-refractivity contribution < 1.29 is 4.79 Å². The number of hydrogen-bond donors (Lipinski definition) is 1. The Bertz CT molecular complexity index is 646. The summed E-state index contributed by atoms with van der Waals surface area (Å²) < 4.78 is 0. The smallest absolute Gasteiger partial charge is 0.257 e. The molecule has 0 spiro atoms. The third-order valence-electron chi connectivity index (χ3n) is 5.29. The van der Waals surface area contributed by atoms with Gasteiger partial charge in [-0.1, -0.05) is 56.1 Å². The highest BCUT2D eigenvalue weighted by Crippen LogP contribution is 2.37. The molecule has 4 nitrogen and oxygen atoms in total. The molecule has 1 aliphatic rings. The first-order valence-corrected chi connectivity index (χ1v) is 10.3. The Morgan fingerprint density at radius 1 is 1.16 bits per heavy atom. The predicted molar refractivity (Wildman–Crippen MR) is 103 cm³/mol. The molecule has 5 heteroatoms. The van der Waals surface area contributed by atoms with Gasteiger partial charge in [0.05, 0.1) is 0 Å². The van der Waals surface area contributed by atoms with Crippen molar-refractivity contribution in [3.63, 3.8) is 0 Å². The third kappa shape index (κ3) is 5.11. The number of hydrogen-bond acceptors (Lipinski definition) is 4. The molecule has 1 heterocycles. The summed E-state index contributed by atoms with van der Waals surface area (Å²) in [6.07, 6.45) is 10.8. The van der Waals surface area contributed by atoms with Crippen molar-refractivity contribution in [3.8, 4) is 0 Å². The van der Waals surface area contributed by atoms with Gasteiger partial charge in [0.2, 0.25) is 5.13 Å². The van der Waals surface area contributed by atoms with Crippen LogP contribution < -0.4 is 5.32 Å². The largest absolute Gasteiger partial charge is 0.296 e. The summed E-state index contributed by atoms with van der Waals surface area (Å²) in [5.41, 5.74) is 3.66. The first kappa shape index (κ1) is 18.1. The molecule has 3 rings (SSSR count). The van der Waals surface area contributed by atoms with E-state index < -0.39 is 0 Å². The van der Waals surface area contributed by atoms with E-state index >= 15 is 0 Å². The molecule has 1 aromatic carbocycles. The molecular formula is C20H27N3OS. The van der Waals surface area contributed by atoms with E-state index in [0.717, 1.165) is 5.92 Å². The van der Waals surface area contributed by atoms with Gasteiger partial charge in [0.1, 0.15) is 5.51 Å². The first-order valence-electron chi connectivity index (χ1n) is 9.43. The lowest BCUT2D eigenvalue weighted by Crippen LogP contribution is -2.14. The Balaban J connectivity index is 1.50. The number of carbonyl (C=O) groups excluding carboxylic acids is 1. The maximum absolute atomic E-state index is 12.2. The van der Waals surface area contributed by atoms with Crippen molar-refractivity contribution in [2.24, 2.45) is 5.92 Å². The van der Waals surface area contributed by atoms with Gasteiger partial charge >= 0.3 is 0 Å². The second-order valence-corrected chi connectivity index (χ2v) is 7.87. The highest BCUT2D eigenvalue weighted by Gasteiger charge is 2.22. The van der Waals surface area contributed by atoms with Crippen molar-refractivity contribution in [1.29, 1.82) is 0 Å². The zero-order valence-electron chi connectivity index (χ0n) is 14.9. The Morgan fingerprint density at radius 2 is 1.92 bits per heavy atom. The van der Waals surface area contributed by atoms with Crippen molar-refractivity contribution in [1.82, 2.24) is 10.2 Å². The molecule has 2 aromatic rings.